The first-order valence-electron chi connectivity index (χ1n) is 6.00. The summed E-state index contributed by atoms with van der Waals surface area (Å²) in [4.78, 5) is 11.1. The molecule has 1 N–H and O–H groups in total. The zero-order chi connectivity index (χ0) is 13.1. The topological polar surface area (TPSA) is 55.1 Å². The highest BCUT2D eigenvalue weighted by molar-refractivity contribution is 5.88. The van der Waals surface area contributed by atoms with Gasteiger partial charge in [0.1, 0.15) is 5.56 Å². The fourth-order valence-corrected chi connectivity index (χ4v) is 1.94. The maximum absolute atomic E-state index is 11.1. The molecule has 0 fully saturated rings. The summed E-state index contributed by atoms with van der Waals surface area (Å²) < 4.78 is 1.71. The third-order valence-electron chi connectivity index (χ3n) is 2.86. The molecule has 0 aliphatic carbocycles. The van der Waals surface area contributed by atoms with Crippen LogP contribution in [0.5, 0.6) is 0 Å². The SMILES string of the molecule is CCCc1c(C(=O)O)cnn1-c1ccc(C)cc1. The Morgan fingerprint density at radius 3 is 2.56 bits per heavy atom. The number of hydrogen-bond acceptors (Lipinski definition) is 2. The van der Waals surface area contributed by atoms with Gasteiger partial charge in [0, 0.05) is 0 Å². The summed E-state index contributed by atoms with van der Waals surface area (Å²) in [5.74, 6) is -0.920. The van der Waals surface area contributed by atoms with E-state index in [0.29, 0.717) is 6.42 Å². The second kappa shape index (κ2) is 5.04. The molecular formula is C14H16N2O2. The van der Waals surface area contributed by atoms with Gasteiger partial charge < -0.3 is 5.11 Å². The molecule has 0 aliphatic heterocycles. The van der Waals surface area contributed by atoms with E-state index in [1.54, 1.807) is 4.68 Å². The standard InChI is InChI=1S/C14H16N2O2/c1-3-4-13-12(14(17)18)9-15-16(13)11-7-5-10(2)6-8-11/h5-9H,3-4H2,1-2H3,(H,17,18). The number of aromatic nitrogens is 2. The molecule has 0 atom stereocenters. The minimum atomic E-state index is -0.920. The molecule has 0 amide bonds. The van der Waals surface area contributed by atoms with Crippen molar-refractivity contribution in [3.63, 3.8) is 0 Å². The smallest absolute Gasteiger partial charge is 0.339 e. The Balaban J connectivity index is 2.50. The normalized spacial score (nSPS) is 10.6. The molecule has 0 radical (unpaired) electrons. The molecule has 94 valence electrons. The molecule has 18 heavy (non-hydrogen) atoms. The van der Waals surface area contributed by atoms with E-state index in [2.05, 4.69) is 5.10 Å². The fourth-order valence-electron chi connectivity index (χ4n) is 1.94. The van der Waals surface area contributed by atoms with Crippen molar-refractivity contribution >= 4 is 5.97 Å². The zero-order valence-electron chi connectivity index (χ0n) is 10.6. The van der Waals surface area contributed by atoms with Gasteiger partial charge in [-0.15, -0.1) is 0 Å². The highest BCUT2D eigenvalue weighted by atomic mass is 16.4. The van der Waals surface area contributed by atoms with E-state index < -0.39 is 5.97 Å². The van der Waals surface area contributed by atoms with Gasteiger partial charge in [-0.05, 0) is 25.5 Å². The van der Waals surface area contributed by atoms with Crippen molar-refractivity contribution in [1.29, 1.82) is 0 Å². The van der Waals surface area contributed by atoms with E-state index in [1.807, 2.05) is 38.1 Å². The number of carboxylic acids is 1. The molecule has 0 aliphatic rings. The summed E-state index contributed by atoms with van der Waals surface area (Å²) in [6.45, 7) is 4.04. The molecule has 1 aromatic carbocycles. The van der Waals surface area contributed by atoms with E-state index in [0.717, 1.165) is 17.8 Å². The predicted octanol–water partition coefficient (Wildman–Crippen LogP) is 2.83. The third-order valence-corrected chi connectivity index (χ3v) is 2.86. The van der Waals surface area contributed by atoms with Gasteiger partial charge in [0.05, 0.1) is 17.6 Å². The summed E-state index contributed by atoms with van der Waals surface area (Å²) >= 11 is 0. The van der Waals surface area contributed by atoms with Crippen molar-refractivity contribution in [2.75, 3.05) is 0 Å². The van der Waals surface area contributed by atoms with Crippen LogP contribution >= 0.6 is 0 Å². The fraction of sp³-hybridized carbons (Fsp3) is 0.286. The first-order chi connectivity index (χ1) is 8.63. The summed E-state index contributed by atoms with van der Waals surface area (Å²) in [6.07, 6.45) is 3.01. The molecule has 1 aromatic heterocycles. The van der Waals surface area contributed by atoms with Crippen LogP contribution in [-0.4, -0.2) is 20.9 Å². The van der Waals surface area contributed by atoms with Crippen LogP contribution in [0.25, 0.3) is 5.69 Å². The molecule has 1 heterocycles. The zero-order valence-corrected chi connectivity index (χ0v) is 10.6. The highest BCUT2D eigenvalue weighted by Crippen LogP contribution is 2.17. The van der Waals surface area contributed by atoms with E-state index in [-0.39, 0.29) is 5.56 Å². The van der Waals surface area contributed by atoms with Gasteiger partial charge in [-0.2, -0.15) is 5.10 Å². The molecule has 0 unspecified atom stereocenters. The van der Waals surface area contributed by atoms with Crippen LogP contribution in [0.3, 0.4) is 0 Å². The lowest BCUT2D eigenvalue weighted by Crippen LogP contribution is -2.06. The maximum Gasteiger partial charge on any atom is 0.339 e. The number of hydrogen-bond donors (Lipinski definition) is 1. The van der Waals surface area contributed by atoms with Gasteiger partial charge in [0.15, 0.2) is 0 Å². The molecule has 0 saturated carbocycles. The van der Waals surface area contributed by atoms with Crippen LogP contribution in [-0.2, 0) is 6.42 Å². The van der Waals surface area contributed by atoms with Crippen molar-refractivity contribution in [3.05, 3.63) is 47.3 Å². The Morgan fingerprint density at radius 1 is 1.33 bits per heavy atom. The van der Waals surface area contributed by atoms with Gasteiger partial charge in [0.25, 0.3) is 0 Å². The Bertz CT molecular complexity index is 556. The van der Waals surface area contributed by atoms with Crippen LogP contribution in [0, 0.1) is 6.92 Å². The van der Waals surface area contributed by atoms with Gasteiger partial charge in [-0.25, -0.2) is 9.48 Å². The second-order valence-corrected chi connectivity index (χ2v) is 4.31. The van der Waals surface area contributed by atoms with Crippen LogP contribution in [0.4, 0.5) is 0 Å². The monoisotopic (exact) mass is 244 g/mol. The first kappa shape index (κ1) is 12.4. The summed E-state index contributed by atoms with van der Waals surface area (Å²) in [5, 5.41) is 13.3. The molecule has 0 saturated heterocycles. The van der Waals surface area contributed by atoms with Crippen molar-refractivity contribution in [2.24, 2.45) is 0 Å². The predicted molar refractivity (Wildman–Crippen MR) is 69.3 cm³/mol. The van der Waals surface area contributed by atoms with Crippen LogP contribution in [0.1, 0.15) is 35.0 Å². The molecule has 0 bridgehead atoms. The Kier molecular flexibility index (Phi) is 3.46. The van der Waals surface area contributed by atoms with Crippen LogP contribution in [0.15, 0.2) is 30.5 Å². The van der Waals surface area contributed by atoms with Crippen molar-refractivity contribution in [3.8, 4) is 5.69 Å². The number of nitrogens with zero attached hydrogens (tertiary/aromatic N) is 2. The number of carboxylic acid groups (broad SMARTS) is 1. The average molecular weight is 244 g/mol. The lowest BCUT2D eigenvalue weighted by molar-refractivity contribution is 0.0695. The summed E-state index contributed by atoms with van der Waals surface area (Å²) in [7, 11) is 0. The van der Waals surface area contributed by atoms with Crippen molar-refractivity contribution in [1.82, 2.24) is 9.78 Å². The number of rotatable bonds is 4. The lowest BCUT2D eigenvalue weighted by Gasteiger charge is -2.08. The van der Waals surface area contributed by atoms with Gasteiger partial charge >= 0.3 is 5.97 Å². The quantitative estimate of drug-likeness (QED) is 0.899. The number of aromatic carboxylic acids is 1. The highest BCUT2D eigenvalue weighted by Gasteiger charge is 2.16. The summed E-state index contributed by atoms with van der Waals surface area (Å²) in [6, 6.07) is 7.89. The number of aryl methyl sites for hydroxylation is 1. The van der Waals surface area contributed by atoms with E-state index >= 15 is 0 Å². The van der Waals surface area contributed by atoms with Crippen molar-refractivity contribution < 1.29 is 9.90 Å². The van der Waals surface area contributed by atoms with Crippen LogP contribution < -0.4 is 0 Å². The maximum atomic E-state index is 11.1. The van der Waals surface area contributed by atoms with E-state index in [9.17, 15) is 4.79 Å². The lowest BCUT2D eigenvalue weighted by atomic mass is 10.1. The summed E-state index contributed by atoms with van der Waals surface area (Å²) in [5.41, 5.74) is 3.12. The molecule has 2 aromatic rings. The van der Waals surface area contributed by atoms with E-state index in [1.165, 1.54) is 11.8 Å². The third kappa shape index (κ3) is 2.27. The number of carbonyl (C=O) groups is 1. The Morgan fingerprint density at radius 2 is 2.00 bits per heavy atom. The molecule has 4 heteroatoms. The minimum Gasteiger partial charge on any atom is -0.478 e. The van der Waals surface area contributed by atoms with Crippen molar-refractivity contribution in [2.45, 2.75) is 26.7 Å². The second-order valence-electron chi connectivity index (χ2n) is 4.31. The van der Waals surface area contributed by atoms with Crippen LogP contribution in [0.2, 0.25) is 0 Å². The Hall–Kier alpha value is -2.10. The van der Waals surface area contributed by atoms with Gasteiger partial charge in [0.2, 0.25) is 0 Å². The van der Waals surface area contributed by atoms with Gasteiger partial charge in [-0.3, -0.25) is 0 Å². The molecular weight excluding hydrogens is 228 g/mol. The van der Waals surface area contributed by atoms with E-state index in [4.69, 9.17) is 5.11 Å². The first-order valence-corrected chi connectivity index (χ1v) is 6.00. The van der Waals surface area contributed by atoms with Gasteiger partial charge in [-0.1, -0.05) is 31.0 Å². The molecule has 2 rings (SSSR count). The number of benzene rings is 1. The Labute approximate surface area is 106 Å². The average Bonchev–Trinajstić information content (AvgIpc) is 2.74. The largest absolute Gasteiger partial charge is 0.478 e. The minimum absolute atomic E-state index is 0.289. The molecule has 4 nitrogen and oxygen atoms in total. The molecule has 0 spiro atoms.